The van der Waals surface area contributed by atoms with E-state index in [1.54, 1.807) is 23.1 Å². The van der Waals surface area contributed by atoms with Gasteiger partial charge in [0.15, 0.2) is 0 Å². The van der Waals surface area contributed by atoms with E-state index in [0.717, 1.165) is 23.0 Å². The Bertz CT molecular complexity index is 1090. The van der Waals surface area contributed by atoms with Gasteiger partial charge in [0, 0.05) is 51.5 Å². The summed E-state index contributed by atoms with van der Waals surface area (Å²) in [4.78, 5) is 17.1. The van der Waals surface area contributed by atoms with E-state index in [4.69, 9.17) is 10.00 Å². The monoisotopic (exact) mass is 442 g/mol. The summed E-state index contributed by atoms with van der Waals surface area (Å²) >= 11 is 0. The molecule has 0 saturated carbocycles. The molecule has 0 unspecified atom stereocenters. The van der Waals surface area contributed by atoms with E-state index >= 15 is 0 Å². The molecule has 1 amide bonds. The lowest BCUT2D eigenvalue weighted by atomic mass is 10.2. The summed E-state index contributed by atoms with van der Waals surface area (Å²) in [6.07, 6.45) is 0.782. The first-order valence-corrected chi connectivity index (χ1v) is 11.4. The molecule has 1 fully saturated rings. The molecule has 0 aromatic heterocycles. The van der Waals surface area contributed by atoms with E-state index in [9.17, 15) is 13.2 Å². The van der Waals surface area contributed by atoms with E-state index in [-0.39, 0.29) is 16.6 Å². The average molecular weight is 443 g/mol. The molecule has 0 radical (unpaired) electrons. The number of sulfonamides is 1. The Hall–Kier alpha value is -3.09. The maximum absolute atomic E-state index is 13.1. The third kappa shape index (κ3) is 4.81. The van der Waals surface area contributed by atoms with Gasteiger partial charge in [-0.2, -0.15) is 5.26 Å². The van der Waals surface area contributed by atoms with Gasteiger partial charge in [-0.3, -0.25) is 4.79 Å². The number of carbonyl (C=O) groups is 1. The van der Waals surface area contributed by atoms with Gasteiger partial charge in [0.1, 0.15) is 10.6 Å². The normalized spacial score (nSPS) is 14.8. The molecule has 0 bridgehead atoms. The van der Waals surface area contributed by atoms with Crippen molar-refractivity contribution in [3.05, 3.63) is 53.6 Å². The molecule has 1 aliphatic rings. The Labute approximate surface area is 183 Å². The van der Waals surface area contributed by atoms with Gasteiger partial charge in [0.2, 0.25) is 10.0 Å². The van der Waals surface area contributed by atoms with Crippen LogP contribution in [0.4, 0.5) is 5.69 Å². The maximum Gasteiger partial charge on any atom is 0.253 e. The highest BCUT2D eigenvalue weighted by Crippen LogP contribution is 2.28. The van der Waals surface area contributed by atoms with Crippen LogP contribution in [0.3, 0.4) is 0 Å². The van der Waals surface area contributed by atoms with Crippen molar-refractivity contribution in [1.82, 2.24) is 9.21 Å². The summed E-state index contributed by atoms with van der Waals surface area (Å²) in [6, 6.07) is 14.0. The molecule has 9 heteroatoms. The van der Waals surface area contributed by atoms with Crippen LogP contribution >= 0.6 is 0 Å². The van der Waals surface area contributed by atoms with Crippen LogP contribution in [0.1, 0.15) is 22.3 Å². The minimum absolute atomic E-state index is 0.0279. The van der Waals surface area contributed by atoms with Crippen LogP contribution in [0.25, 0.3) is 0 Å². The SMILES string of the molecule is COc1ccc(C(=O)N2CCCN(c3ccc(C#N)cc3)CC2)cc1S(=O)(=O)N(C)C. The van der Waals surface area contributed by atoms with E-state index in [2.05, 4.69) is 11.0 Å². The number of nitrogens with zero attached hydrogens (tertiary/aromatic N) is 4. The third-order valence-electron chi connectivity index (χ3n) is 5.31. The Morgan fingerprint density at radius 1 is 1.06 bits per heavy atom. The predicted molar refractivity (Wildman–Crippen MR) is 118 cm³/mol. The lowest BCUT2D eigenvalue weighted by molar-refractivity contribution is 0.0766. The van der Waals surface area contributed by atoms with E-state index in [1.165, 1.54) is 33.3 Å². The molecule has 2 aromatic carbocycles. The van der Waals surface area contributed by atoms with Crippen molar-refractivity contribution in [2.45, 2.75) is 11.3 Å². The molecule has 0 N–H and O–H groups in total. The van der Waals surface area contributed by atoms with E-state index in [0.29, 0.717) is 30.8 Å². The van der Waals surface area contributed by atoms with Crippen molar-refractivity contribution in [3.63, 3.8) is 0 Å². The van der Waals surface area contributed by atoms with Crippen LogP contribution in [0.5, 0.6) is 5.75 Å². The summed E-state index contributed by atoms with van der Waals surface area (Å²) in [5.74, 6) is -0.00681. The van der Waals surface area contributed by atoms with Gasteiger partial charge in [-0.05, 0) is 48.9 Å². The highest BCUT2D eigenvalue weighted by atomic mass is 32.2. The molecular weight excluding hydrogens is 416 g/mol. The van der Waals surface area contributed by atoms with Crippen LogP contribution < -0.4 is 9.64 Å². The quantitative estimate of drug-likeness (QED) is 0.705. The highest BCUT2D eigenvalue weighted by molar-refractivity contribution is 7.89. The third-order valence-corrected chi connectivity index (χ3v) is 7.15. The first kappa shape index (κ1) is 22.6. The van der Waals surface area contributed by atoms with E-state index in [1.807, 2.05) is 12.1 Å². The maximum atomic E-state index is 13.1. The van der Waals surface area contributed by atoms with Crippen LogP contribution in [-0.4, -0.2) is 70.9 Å². The fourth-order valence-electron chi connectivity index (χ4n) is 3.52. The van der Waals surface area contributed by atoms with Crippen molar-refractivity contribution < 1.29 is 17.9 Å². The number of nitriles is 1. The second-order valence-electron chi connectivity index (χ2n) is 7.44. The summed E-state index contributed by atoms with van der Waals surface area (Å²) in [6.45, 7) is 2.53. The van der Waals surface area contributed by atoms with Crippen molar-refractivity contribution in [2.75, 3.05) is 52.3 Å². The number of amides is 1. The minimum atomic E-state index is -3.76. The van der Waals surface area contributed by atoms with Crippen LogP contribution in [0.15, 0.2) is 47.4 Å². The fraction of sp³-hybridized carbons (Fsp3) is 0.364. The average Bonchev–Trinajstić information content (AvgIpc) is 3.04. The number of carbonyl (C=O) groups excluding carboxylic acids is 1. The van der Waals surface area contributed by atoms with Gasteiger partial charge in [-0.25, -0.2) is 12.7 Å². The standard InChI is InChI=1S/C22H26N4O4S/c1-24(2)31(28,29)21-15-18(7-10-20(21)30-3)22(27)26-12-4-11-25(13-14-26)19-8-5-17(16-23)6-9-19/h5-10,15H,4,11-14H2,1-3H3. The topological polar surface area (TPSA) is 94.0 Å². The molecule has 1 saturated heterocycles. The van der Waals surface area contributed by atoms with Gasteiger partial charge in [0.05, 0.1) is 18.7 Å². The minimum Gasteiger partial charge on any atom is -0.495 e. The van der Waals surface area contributed by atoms with Gasteiger partial charge >= 0.3 is 0 Å². The molecule has 164 valence electrons. The fourth-order valence-corrected chi connectivity index (χ4v) is 4.59. The second-order valence-corrected chi connectivity index (χ2v) is 9.56. The van der Waals surface area contributed by atoms with Crippen molar-refractivity contribution in [2.24, 2.45) is 0 Å². The lowest BCUT2D eigenvalue weighted by Crippen LogP contribution is -2.35. The van der Waals surface area contributed by atoms with Crippen LogP contribution in [0.2, 0.25) is 0 Å². The number of hydrogen-bond acceptors (Lipinski definition) is 6. The molecule has 8 nitrogen and oxygen atoms in total. The highest BCUT2D eigenvalue weighted by Gasteiger charge is 2.26. The zero-order valence-electron chi connectivity index (χ0n) is 17.9. The number of benzene rings is 2. The number of anilines is 1. The van der Waals surface area contributed by atoms with Gasteiger partial charge in [-0.1, -0.05) is 0 Å². The van der Waals surface area contributed by atoms with Crippen molar-refractivity contribution >= 4 is 21.6 Å². The molecular formula is C22H26N4O4S. The summed E-state index contributed by atoms with van der Waals surface area (Å²) in [5.41, 5.74) is 1.93. The number of hydrogen-bond donors (Lipinski definition) is 0. The molecule has 0 atom stereocenters. The predicted octanol–water partition coefficient (Wildman–Crippen LogP) is 2.17. The van der Waals surface area contributed by atoms with Gasteiger partial charge in [-0.15, -0.1) is 0 Å². The Kier molecular flexibility index (Phi) is 6.83. The summed E-state index contributed by atoms with van der Waals surface area (Å²) in [5, 5.41) is 8.96. The first-order valence-electron chi connectivity index (χ1n) is 9.93. The molecule has 3 rings (SSSR count). The first-order chi connectivity index (χ1) is 14.8. The molecule has 1 aliphatic heterocycles. The van der Waals surface area contributed by atoms with Crippen LogP contribution in [-0.2, 0) is 10.0 Å². The summed E-state index contributed by atoms with van der Waals surface area (Å²) < 4.78 is 31.6. The number of ether oxygens (including phenoxy) is 1. The molecule has 0 spiro atoms. The molecule has 0 aliphatic carbocycles. The van der Waals surface area contributed by atoms with Crippen molar-refractivity contribution in [1.29, 1.82) is 5.26 Å². The zero-order valence-corrected chi connectivity index (χ0v) is 18.7. The largest absolute Gasteiger partial charge is 0.495 e. The Balaban J connectivity index is 1.79. The second kappa shape index (κ2) is 9.37. The number of rotatable bonds is 5. The van der Waals surface area contributed by atoms with Crippen LogP contribution in [0, 0.1) is 11.3 Å². The summed E-state index contributed by atoms with van der Waals surface area (Å²) in [7, 11) is 0.524. The molecule has 31 heavy (non-hydrogen) atoms. The molecule has 2 aromatic rings. The van der Waals surface area contributed by atoms with Gasteiger partial charge < -0.3 is 14.5 Å². The van der Waals surface area contributed by atoms with Crippen molar-refractivity contribution in [3.8, 4) is 11.8 Å². The number of methoxy groups -OCH3 is 1. The Morgan fingerprint density at radius 2 is 1.77 bits per heavy atom. The Morgan fingerprint density at radius 3 is 2.39 bits per heavy atom. The smallest absolute Gasteiger partial charge is 0.253 e. The lowest BCUT2D eigenvalue weighted by Gasteiger charge is -2.24. The zero-order chi connectivity index (χ0) is 22.6. The molecule has 1 heterocycles. The van der Waals surface area contributed by atoms with Gasteiger partial charge in [0.25, 0.3) is 5.91 Å². The van der Waals surface area contributed by atoms with E-state index < -0.39 is 10.0 Å².